The van der Waals surface area contributed by atoms with Gasteiger partial charge in [-0.1, -0.05) is 0 Å². The van der Waals surface area contributed by atoms with Crippen LogP contribution in [0.4, 0.5) is 5.82 Å². The van der Waals surface area contributed by atoms with Crippen molar-refractivity contribution < 1.29 is 4.79 Å². The van der Waals surface area contributed by atoms with Gasteiger partial charge in [-0.25, -0.2) is 4.98 Å². The van der Waals surface area contributed by atoms with Gasteiger partial charge < -0.3 is 9.80 Å². The number of nitrogens with zero attached hydrogens (tertiary/aromatic N) is 6. The fourth-order valence-electron chi connectivity index (χ4n) is 3.03. The van der Waals surface area contributed by atoms with Crippen LogP contribution in [0.25, 0.3) is 0 Å². The first-order chi connectivity index (χ1) is 11.7. The van der Waals surface area contributed by atoms with Gasteiger partial charge in [-0.05, 0) is 31.0 Å². The molecule has 0 saturated carbocycles. The van der Waals surface area contributed by atoms with Crippen molar-refractivity contribution in [2.75, 3.05) is 25.0 Å². The number of hydrogen-bond donors (Lipinski definition) is 0. The smallest absolute Gasteiger partial charge is 0.242 e. The molecular formula is C17H20N6O. The summed E-state index contributed by atoms with van der Waals surface area (Å²) in [5, 5.41) is 13.0. The summed E-state index contributed by atoms with van der Waals surface area (Å²) in [4.78, 5) is 20.7. The molecule has 124 valence electrons. The number of aromatic nitrogens is 3. The van der Waals surface area contributed by atoms with Crippen molar-refractivity contribution in [3.63, 3.8) is 0 Å². The van der Waals surface area contributed by atoms with Crippen LogP contribution in [0.15, 0.2) is 36.8 Å². The number of likely N-dealkylation sites (tertiary alicyclic amines) is 1. The molecule has 0 radical (unpaired) electrons. The van der Waals surface area contributed by atoms with Crippen molar-refractivity contribution in [2.45, 2.75) is 25.4 Å². The van der Waals surface area contributed by atoms with E-state index in [0.717, 1.165) is 25.9 Å². The number of pyridine rings is 1. The number of carbonyl (C=O) groups excluding carboxylic acids is 1. The number of carbonyl (C=O) groups is 1. The van der Waals surface area contributed by atoms with Crippen LogP contribution in [0.3, 0.4) is 0 Å². The van der Waals surface area contributed by atoms with E-state index in [1.165, 1.54) is 6.20 Å². The Hall–Kier alpha value is -2.88. The molecule has 0 spiro atoms. The lowest BCUT2D eigenvalue weighted by atomic mass is 10.2. The van der Waals surface area contributed by atoms with E-state index in [0.29, 0.717) is 11.4 Å². The van der Waals surface area contributed by atoms with E-state index in [1.807, 2.05) is 39.9 Å². The second kappa shape index (κ2) is 7.13. The maximum Gasteiger partial charge on any atom is 0.242 e. The third kappa shape index (κ3) is 3.54. The van der Waals surface area contributed by atoms with Gasteiger partial charge in [0.05, 0.1) is 24.7 Å². The van der Waals surface area contributed by atoms with E-state index < -0.39 is 0 Å². The van der Waals surface area contributed by atoms with Crippen molar-refractivity contribution in [2.24, 2.45) is 0 Å². The van der Waals surface area contributed by atoms with Crippen LogP contribution in [-0.2, 0) is 11.3 Å². The Morgan fingerprint density at radius 2 is 2.38 bits per heavy atom. The molecule has 1 atom stereocenters. The molecule has 0 unspecified atom stereocenters. The number of nitriles is 1. The summed E-state index contributed by atoms with van der Waals surface area (Å²) >= 11 is 0. The molecule has 0 aromatic carbocycles. The van der Waals surface area contributed by atoms with Crippen LogP contribution < -0.4 is 4.90 Å². The van der Waals surface area contributed by atoms with Gasteiger partial charge in [0.2, 0.25) is 5.91 Å². The lowest BCUT2D eigenvalue weighted by molar-refractivity contribution is -0.130. The van der Waals surface area contributed by atoms with Gasteiger partial charge in [-0.2, -0.15) is 10.4 Å². The van der Waals surface area contributed by atoms with E-state index in [4.69, 9.17) is 5.26 Å². The first-order valence-corrected chi connectivity index (χ1v) is 8.01. The summed E-state index contributed by atoms with van der Waals surface area (Å²) < 4.78 is 1.88. The molecule has 0 aliphatic carbocycles. The molecule has 0 N–H and O–H groups in total. The highest BCUT2D eigenvalue weighted by Gasteiger charge is 2.29. The number of rotatable bonds is 5. The molecule has 24 heavy (non-hydrogen) atoms. The van der Waals surface area contributed by atoms with Crippen LogP contribution in [0.2, 0.25) is 0 Å². The van der Waals surface area contributed by atoms with Gasteiger partial charge in [0.25, 0.3) is 0 Å². The molecule has 1 amide bonds. The minimum Gasteiger partial charge on any atom is -0.350 e. The van der Waals surface area contributed by atoms with Crippen LogP contribution >= 0.6 is 0 Å². The maximum atomic E-state index is 12.7. The lowest BCUT2D eigenvalue weighted by Crippen LogP contribution is -2.43. The highest BCUT2D eigenvalue weighted by Crippen LogP contribution is 2.19. The molecule has 1 saturated heterocycles. The van der Waals surface area contributed by atoms with Gasteiger partial charge in [0, 0.05) is 32.2 Å². The van der Waals surface area contributed by atoms with Gasteiger partial charge >= 0.3 is 0 Å². The molecule has 1 fully saturated rings. The summed E-state index contributed by atoms with van der Waals surface area (Å²) in [5.74, 6) is 0.781. The van der Waals surface area contributed by atoms with Crippen LogP contribution in [0, 0.1) is 11.3 Å². The normalized spacial score (nSPS) is 16.8. The Morgan fingerprint density at radius 1 is 1.50 bits per heavy atom. The molecule has 0 bridgehead atoms. The van der Waals surface area contributed by atoms with E-state index in [-0.39, 0.29) is 18.5 Å². The topological polar surface area (TPSA) is 78.0 Å². The Kier molecular flexibility index (Phi) is 4.75. The van der Waals surface area contributed by atoms with Crippen molar-refractivity contribution in [3.8, 4) is 6.07 Å². The average Bonchev–Trinajstić information content (AvgIpc) is 3.27. The summed E-state index contributed by atoms with van der Waals surface area (Å²) in [5.41, 5.74) is 0.511. The summed E-state index contributed by atoms with van der Waals surface area (Å²) in [6.45, 7) is 1.80. The molecular weight excluding hydrogens is 304 g/mol. The molecule has 7 heteroatoms. The van der Waals surface area contributed by atoms with Gasteiger partial charge in [-0.15, -0.1) is 0 Å². The molecule has 3 heterocycles. The first-order valence-electron chi connectivity index (χ1n) is 8.01. The monoisotopic (exact) mass is 324 g/mol. The molecule has 2 aromatic rings. The number of amides is 1. The minimum absolute atomic E-state index is 0.0957. The summed E-state index contributed by atoms with van der Waals surface area (Å²) in [6, 6.07) is 7.60. The van der Waals surface area contributed by atoms with Gasteiger partial charge in [-0.3, -0.25) is 9.48 Å². The Labute approximate surface area is 141 Å². The SMILES string of the molecule is CN(CC(=O)N1CCC[C@H]1Cn1cccn1)c1ccc(C#N)cn1. The summed E-state index contributed by atoms with van der Waals surface area (Å²) in [7, 11) is 1.84. The van der Waals surface area contributed by atoms with Crippen molar-refractivity contribution in [3.05, 3.63) is 42.4 Å². The highest BCUT2D eigenvalue weighted by molar-refractivity contribution is 5.81. The minimum atomic E-state index is 0.0957. The number of likely N-dealkylation sites (N-methyl/N-ethyl adjacent to an activating group) is 1. The van der Waals surface area contributed by atoms with Crippen molar-refractivity contribution in [1.29, 1.82) is 5.26 Å². The zero-order valence-corrected chi connectivity index (χ0v) is 13.7. The van der Waals surface area contributed by atoms with E-state index in [1.54, 1.807) is 18.3 Å². The van der Waals surface area contributed by atoms with Crippen LogP contribution in [0.5, 0.6) is 0 Å². The highest BCUT2D eigenvalue weighted by atomic mass is 16.2. The Morgan fingerprint density at radius 3 is 3.04 bits per heavy atom. The Balaban J connectivity index is 1.61. The van der Waals surface area contributed by atoms with Crippen LogP contribution in [0.1, 0.15) is 18.4 Å². The lowest BCUT2D eigenvalue weighted by Gasteiger charge is -2.27. The predicted molar refractivity (Wildman–Crippen MR) is 89.2 cm³/mol. The number of anilines is 1. The molecule has 7 nitrogen and oxygen atoms in total. The van der Waals surface area contributed by atoms with E-state index in [9.17, 15) is 4.79 Å². The average molecular weight is 324 g/mol. The molecule has 3 rings (SSSR count). The van der Waals surface area contributed by atoms with E-state index >= 15 is 0 Å². The van der Waals surface area contributed by atoms with Crippen LogP contribution in [-0.4, -0.2) is 51.8 Å². The van der Waals surface area contributed by atoms with Crippen molar-refractivity contribution >= 4 is 11.7 Å². The third-order valence-corrected chi connectivity index (χ3v) is 4.29. The number of hydrogen-bond acceptors (Lipinski definition) is 5. The molecule has 2 aromatic heterocycles. The van der Waals surface area contributed by atoms with Crippen molar-refractivity contribution in [1.82, 2.24) is 19.7 Å². The second-order valence-electron chi connectivity index (χ2n) is 5.98. The summed E-state index contributed by atoms with van der Waals surface area (Å²) in [6.07, 6.45) is 7.23. The zero-order chi connectivity index (χ0) is 16.9. The second-order valence-corrected chi connectivity index (χ2v) is 5.98. The largest absolute Gasteiger partial charge is 0.350 e. The zero-order valence-electron chi connectivity index (χ0n) is 13.7. The van der Waals surface area contributed by atoms with E-state index in [2.05, 4.69) is 10.1 Å². The Bertz CT molecular complexity index is 719. The quantitative estimate of drug-likeness (QED) is 0.828. The maximum absolute atomic E-state index is 12.7. The fraction of sp³-hybridized carbons (Fsp3) is 0.412. The molecule has 1 aliphatic heterocycles. The molecule has 1 aliphatic rings. The van der Waals surface area contributed by atoms with Gasteiger partial charge in [0.1, 0.15) is 11.9 Å². The standard InChI is InChI=1S/C17H20N6O/c1-21(16-6-5-14(10-18)11-19-16)13-17(24)23-9-2-4-15(23)12-22-8-3-7-20-22/h3,5-8,11,15H,2,4,9,12-13H2,1H3/t15-/m0/s1. The third-order valence-electron chi connectivity index (χ3n) is 4.29. The predicted octanol–water partition coefficient (Wildman–Crippen LogP) is 1.28. The van der Waals surface area contributed by atoms with Gasteiger partial charge in [0.15, 0.2) is 0 Å². The fourth-order valence-corrected chi connectivity index (χ4v) is 3.03. The first kappa shape index (κ1) is 16.0.